The number of benzene rings is 1. The number of hydrogen-bond acceptors (Lipinski definition) is 2. The van der Waals surface area contributed by atoms with Crippen LogP contribution in [0.1, 0.15) is 25.3 Å². The lowest BCUT2D eigenvalue weighted by Gasteiger charge is -2.09. The summed E-state index contributed by atoms with van der Waals surface area (Å²) in [6, 6.07) is 8.01. The van der Waals surface area contributed by atoms with Gasteiger partial charge in [0.15, 0.2) is 0 Å². The molecule has 1 aromatic carbocycles. The van der Waals surface area contributed by atoms with Gasteiger partial charge in [0.2, 0.25) is 0 Å². The van der Waals surface area contributed by atoms with Gasteiger partial charge in [-0.25, -0.2) is 0 Å². The second-order valence-corrected chi connectivity index (χ2v) is 3.24. The monoisotopic (exact) mass is 194 g/mol. The molecule has 0 atom stereocenters. The Hall–Kier alpha value is -1.02. The van der Waals surface area contributed by atoms with Crippen LogP contribution in [0.2, 0.25) is 0 Å². The molecule has 0 fully saturated rings. The van der Waals surface area contributed by atoms with Crippen LogP contribution in [0.3, 0.4) is 0 Å². The molecular formula is C12H18O2. The van der Waals surface area contributed by atoms with Crippen molar-refractivity contribution in [3.8, 4) is 5.75 Å². The van der Waals surface area contributed by atoms with E-state index in [0.717, 1.165) is 30.8 Å². The van der Waals surface area contributed by atoms with Gasteiger partial charge in [-0.2, -0.15) is 0 Å². The molecule has 0 unspecified atom stereocenters. The van der Waals surface area contributed by atoms with Crippen LogP contribution in [0.25, 0.3) is 0 Å². The highest BCUT2D eigenvalue weighted by Crippen LogP contribution is 2.18. The molecule has 0 saturated carbocycles. The SMILES string of the molecule is CCCCOc1ccccc1COC. The van der Waals surface area contributed by atoms with Gasteiger partial charge in [0.25, 0.3) is 0 Å². The number of hydrogen-bond donors (Lipinski definition) is 0. The molecule has 0 aromatic heterocycles. The van der Waals surface area contributed by atoms with E-state index in [2.05, 4.69) is 6.92 Å². The van der Waals surface area contributed by atoms with E-state index < -0.39 is 0 Å². The van der Waals surface area contributed by atoms with Gasteiger partial charge in [0.05, 0.1) is 13.2 Å². The van der Waals surface area contributed by atoms with Crippen molar-refractivity contribution in [1.29, 1.82) is 0 Å². The molecule has 0 bridgehead atoms. The Morgan fingerprint density at radius 2 is 2.00 bits per heavy atom. The van der Waals surface area contributed by atoms with Crippen molar-refractivity contribution in [2.75, 3.05) is 13.7 Å². The zero-order chi connectivity index (χ0) is 10.2. The predicted octanol–water partition coefficient (Wildman–Crippen LogP) is 3.01. The summed E-state index contributed by atoms with van der Waals surface area (Å²) in [5.41, 5.74) is 1.12. The Bertz CT molecular complexity index is 258. The van der Waals surface area contributed by atoms with Crippen molar-refractivity contribution >= 4 is 0 Å². The van der Waals surface area contributed by atoms with Crippen LogP contribution >= 0.6 is 0 Å². The zero-order valence-electron chi connectivity index (χ0n) is 8.95. The van der Waals surface area contributed by atoms with Gasteiger partial charge >= 0.3 is 0 Å². The Morgan fingerprint density at radius 1 is 1.21 bits per heavy atom. The van der Waals surface area contributed by atoms with E-state index in [-0.39, 0.29) is 0 Å². The molecule has 1 rings (SSSR count). The minimum Gasteiger partial charge on any atom is -0.493 e. The van der Waals surface area contributed by atoms with Gasteiger partial charge < -0.3 is 9.47 Å². The average Bonchev–Trinajstić information content (AvgIpc) is 2.21. The molecule has 2 nitrogen and oxygen atoms in total. The highest BCUT2D eigenvalue weighted by Gasteiger charge is 2.01. The van der Waals surface area contributed by atoms with Crippen LogP contribution in [0.4, 0.5) is 0 Å². The van der Waals surface area contributed by atoms with E-state index >= 15 is 0 Å². The minimum atomic E-state index is 0.613. The molecule has 0 radical (unpaired) electrons. The molecule has 0 saturated heterocycles. The molecule has 0 heterocycles. The lowest BCUT2D eigenvalue weighted by molar-refractivity contribution is 0.179. The summed E-state index contributed by atoms with van der Waals surface area (Å²) in [6.45, 7) is 3.56. The number of rotatable bonds is 6. The minimum absolute atomic E-state index is 0.613. The highest BCUT2D eigenvalue weighted by atomic mass is 16.5. The van der Waals surface area contributed by atoms with Crippen molar-refractivity contribution in [3.05, 3.63) is 29.8 Å². The summed E-state index contributed by atoms with van der Waals surface area (Å²) >= 11 is 0. The molecule has 14 heavy (non-hydrogen) atoms. The first kappa shape index (κ1) is 11.1. The molecule has 0 amide bonds. The van der Waals surface area contributed by atoms with Crippen LogP contribution in [-0.4, -0.2) is 13.7 Å². The molecule has 0 aliphatic heterocycles. The Balaban J connectivity index is 2.55. The van der Waals surface area contributed by atoms with E-state index in [1.807, 2.05) is 24.3 Å². The van der Waals surface area contributed by atoms with E-state index in [4.69, 9.17) is 9.47 Å². The lowest BCUT2D eigenvalue weighted by Crippen LogP contribution is -2.00. The summed E-state index contributed by atoms with van der Waals surface area (Å²) in [5, 5.41) is 0. The van der Waals surface area contributed by atoms with E-state index in [1.165, 1.54) is 0 Å². The second kappa shape index (κ2) is 6.44. The Kier molecular flexibility index (Phi) is 5.08. The van der Waals surface area contributed by atoms with Gasteiger partial charge in [-0.15, -0.1) is 0 Å². The second-order valence-electron chi connectivity index (χ2n) is 3.24. The van der Waals surface area contributed by atoms with Crippen molar-refractivity contribution in [3.63, 3.8) is 0 Å². The third-order valence-corrected chi connectivity index (χ3v) is 2.03. The summed E-state index contributed by atoms with van der Waals surface area (Å²) in [4.78, 5) is 0. The molecule has 0 aliphatic rings. The first-order chi connectivity index (χ1) is 6.88. The van der Waals surface area contributed by atoms with E-state index in [1.54, 1.807) is 7.11 Å². The third-order valence-electron chi connectivity index (χ3n) is 2.03. The first-order valence-electron chi connectivity index (χ1n) is 5.08. The van der Waals surface area contributed by atoms with E-state index in [9.17, 15) is 0 Å². The van der Waals surface area contributed by atoms with Crippen LogP contribution in [0.5, 0.6) is 5.75 Å². The smallest absolute Gasteiger partial charge is 0.124 e. The summed E-state index contributed by atoms with van der Waals surface area (Å²) in [6.07, 6.45) is 2.26. The van der Waals surface area contributed by atoms with Gasteiger partial charge in [-0.1, -0.05) is 31.5 Å². The number of methoxy groups -OCH3 is 1. The number of unbranched alkanes of at least 4 members (excludes halogenated alkanes) is 1. The van der Waals surface area contributed by atoms with Crippen LogP contribution in [0.15, 0.2) is 24.3 Å². The lowest BCUT2D eigenvalue weighted by atomic mass is 10.2. The molecule has 1 aromatic rings. The molecule has 78 valence electrons. The quantitative estimate of drug-likeness (QED) is 0.648. The van der Waals surface area contributed by atoms with Gasteiger partial charge in [0.1, 0.15) is 5.75 Å². The van der Waals surface area contributed by atoms with Crippen LogP contribution < -0.4 is 4.74 Å². The van der Waals surface area contributed by atoms with Crippen molar-refractivity contribution in [2.24, 2.45) is 0 Å². The van der Waals surface area contributed by atoms with Crippen LogP contribution in [-0.2, 0) is 11.3 Å². The van der Waals surface area contributed by atoms with Crippen molar-refractivity contribution < 1.29 is 9.47 Å². The summed E-state index contributed by atoms with van der Waals surface area (Å²) in [5.74, 6) is 0.947. The summed E-state index contributed by atoms with van der Waals surface area (Å²) in [7, 11) is 1.70. The van der Waals surface area contributed by atoms with Crippen molar-refractivity contribution in [2.45, 2.75) is 26.4 Å². The Labute approximate surface area is 85.8 Å². The normalized spacial score (nSPS) is 10.1. The molecule has 2 heteroatoms. The maximum atomic E-state index is 5.65. The molecule has 0 spiro atoms. The fourth-order valence-electron chi connectivity index (χ4n) is 1.25. The van der Waals surface area contributed by atoms with E-state index in [0.29, 0.717) is 6.61 Å². The molecule has 0 N–H and O–H groups in total. The molecule has 0 aliphatic carbocycles. The highest BCUT2D eigenvalue weighted by molar-refractivity contribution is 5.32. The fraction of sp³-hybridized carbons (Fsp3) is 0.500. The van der Waals surface area contributed by atoms with Crippen molar-refractivity contribution in [1.82, 2.24) is 0 Å². The van der Waals surface area contributed by atoms with Crippen LogP contribution in [0, 0.1) is 0 Å². The van der Waals surface area contributed by atoms with Gasteiger partial charge in [-0.05, 0) is 12.5 Å². The third kappa shape index (κ3) is 3.38. The first-order valence-corrected chi connectivity index (χ1v) is 5.08. The maximum Gasteiger partial charge on any atom is 0.124 e. The fourth-order valence-corrected chi connectivity index (χ4v) is 1.25. The number of ether oxygens (including phenoxy) is 2. The van der Waals surface area contributed by atoms with Gasteiger partial charge in [-0.3, -0.25) is 0 Å². The Morgan fingerprint density at radius 3 is 2.71 bits per heavy atom. The molecular weight excluding hydrogens is 176 g/mol. The topological polar surface area (TPSA) is 18.5 Å². The summed E-state index contributed by atoms with van der Waals surface area (Å²) < 4.78 is 10.7. The largest absolute Gasteiger partial charge is 0.493 e. The maximum absolute atomic E-state index is 5.65. The zero-order valence-corrected chi connectivity index (χ0v) is 8.95. The predicted molar refractivity (Wildman–Crippen MR) is 57.6 cm³/mol. The standard InChI is InChI=1S/C12H18O2/c1-3-4-9-14-12-8-6-5-7-11(12)10-13-2/h5-8H,3-4,9-10H2,1-2H3. The van der Waals surface area contributed by atoms with Gasteiger partial charge in [0, 0.05) is 12.7 Å². The average molecular weight is 194 g/mol. The number of para-hydroxylation sites is 1.